The predicted octanol–water partition coefficient (Wildman–Crippen LogP) is 3.50. The van der Waals surface area contributed by atoms with Gasteiger partial charge in [-0.2, -0.15) is 0 Å². The van der Waals surface area contributed by atoms with E-state index in [9.17, 15) is 19.1 Å². The second-order valence-electron chi connectivity index (χ2n) is 9.27. The highest BCUT2D eigenvalue weighted by atomic mass is 35.5. The van der Waals surface area contributed by atoms with Gasteiger partial charge < -0.3 is 24.8 Å². The molecular formula is C24H23Cl2FN2O5. The van der Waals surface area contributed by atoms with Crippen molar-refractivity contribution >= 4 is 35.0 Å². The van der Waals surface area contributed by atoms with E-state index < -0.39 is 18.0 Å². The first kappa shape index (κ1) is 23.2. The Morgan fingerprint density at radius 2 is 1.97 bits per heavy atom. The van der Waals surface area contributed by atoms with Crippen LogP contribution in [0.15, 0.2) is 36.4 Å². The van der Waals surface area contributed by atoms with Gasteiger partial charge in [-0.15, -0.1) is 0 Å². The average molecular weight is 509 g/mol. The number of fused-ring (bicyclic) bond motifs is 1. The van der Waals surface area contributed by atoms with Gasteiger partial charge in [0.15, 0.2) is 12.7 Å². The quantitative estimate of drug-likeness (QED) is 0.645. The van der Waals surface area contributed by atoms with E-state index in [4.69, 9.17) is 32.7 Å². The van der Waals surface area contributed by atoms with E-state index in [-0.39, 0.29) is 47.1 Å². The number of halogens is 3. The van der Waals surface area contributed by atoms with Crippen LogP contribution in [0.25, 0.3) is 0 Å². The van der Waals surface area contributed by atoms with Crippen molar-refractivity contribution < 1.29 is 28.6 Å². The topological polar surface area (TPSA) is 88.1 Å². The Kier molecular flexibility index (Phi) is 6.08. The van der Waals surface area contributed by atoms with Crippen molar-refractivity contribution in [3.05, 3.63) is 57.8 Å². The highest BCUT2D eigenvalue weighted by Gasteiger charge is 2.55. The molecule has 180 valence electrons. The number of aliphatic hydroxyl groups is 1. The summed E-state index contributed by atoms with van der Waals surface area (Å²) in [5.74, 6) is -0.318. The number of rotatable bonds is 5. The molecule has 1 spiro atoms. The summed E-state index contributed by atoms with van der Waals surface area (Å²) < 4.78 is 24.6. The van der Waals surface area contributed by atoms with E-state index in [1.165, 1.54) is 12.1 Å². The normalized spacial score (nSPS) is 22.8. The first-order chi connectivity index (χ1) is 16.2. The molecule has 0 unspecified atom stereocenters. The second kappa shape index (κ2) is 8.91. The van der Waals surface area contributed by atoms with Crippen LogP contribution in [0, 0.1) is 11.2 Å². The third-order valence-corrected chi connectivity index (χ3v) is 7.20. The molecule has 5 rings (SSSR count). The molecule has 0 radical (unpaired) electrons. The molecule has 2 atom stereocenters. The molecule has 0 bridgehead atoms. The number of amides is 2. The van der Waals surface area contributed by atoms with Crippen LogP contribution in [0.2, 0.25) is 10.0 Å². The smallest absolute Gasteiger partial charge is 0.263 e. The molecule has 1 saturated heterocycles. The lowest BCUT2D eigenvalue weighted by atomic mass is 9.60. The summed E-state index contributed by atoms with van der Waals surface area (Å²) in [4.78, 5) is 26.8. The molecule has 1 aliphatic carbocycles. The number of hydrogen-bond donors (Lipinski definition) is 2. The lowest BCUT2D eigenvalue weighted by Gasteiger charge is -2.59. The number of nitrogens with one attached hydrogen (secondary N) is 1. The van der Waals surface area contributed by atoms with Crippen molar-refractivity contribution in [1.29, 1.82) is 0 Å². The van der Waals surface area contributed by atoms with Crippen molar-refractivity contribution in [2.24, 2.45) is 5.41 Å². The van der Waals surface area contributed by atoms with Gasteiger partial charge in [-0.3, -0.25) is 9.59 Å². The number of benzene rings is 2. The van der Waals surface area contributed by atoms with E-state index in [2.05, 4.69) is 5.32 Å². The Labute approximate surface area is 205 Å². The van der Waals surface area contributed by atoms with Crippen LogP contribution in [0.1, 0.15) is 30.9 Å². The summed E-state index contributed by atoms with van der Waals surface area (Å²) in [7, 11) is 0. The number of likely N-dealkylation sites (tertiary alicyclic amines) is 1. The summed E-state index contributed by atoms with van der Waals surface area (Å²) in [5, 5.41) is 13.8. The molecule has 2 N–H and O–H groups in total. The van der Waals surface area contributed by atoms with Gasteiger partial charge in [0, 0.05) is 47.6 Å². The van der Waals surface area contributed by atoms with Gasteiger partial charge in [0.05, 0.1) is 11.1 Å². The number of ether oxygens (including phenoxy) is 2. The van der Waals surface area contributed by atoms with Gasteiger partial charge >= 0.3 is 0 Å². The minimum absolute atomic E-state index is 0.00644. The van der Waals surface area contributed by atoms with Crippen LogP contribution < -0.4 is 14.8 Å². The number of carbonyl (C=O) groups is 2. The van der Waals surface area contributed by atoms with Crippen molar-refractivity contribution in [2.45, 2.75) is 37.5 Å². The fourth-order valence-corrected chi connectivity index (χ4v) is 5.32. The highest BCUT2D eigenvalue weighted by Crippen LogP contribution is 2.49. The van der Waals surface area contributed by atoms with Gasteiger partial charge in [-0.25, -0.2) is 4.39 Å². The minimum Gasteiger partial charge on any atom is -0.484 e. The first-order valence-electron chi connectivity index (χ1n) is 11.0. The second-order valence-corrected chi connectivity index (χ2v) is 10.1. The summed E-state index contributed by atoms with van der Waals surface area (Å²) in [6.07, 6.45) is 0.195. The Morgan fingerprint density at radius 1 is 1.21 bits per heavy atom. The number of hydrogen-bond acceptors (Lipinski definition) is 5. The van der Waals surface area contributed by atoms with Crippen LogP contribution in [0.3, 0.4) is 0 Å². The first-order valence-corrected chi connectivity index (χ1v) is 11.8. The molecule has 3 aliphatic rings. The molecule has 2 aromatic rings. The summed E-state index contributed by atoms with van der Waals surface area (Å²) in [6.45, 7) is 0.980. The Balaban J connectivity index is 1.06. The largest absolute Gasteiger partial charge is 0.484 e. The van der Waals surface area contributed by atoms with Crippen LogP contribution >= 0.6 is 23.2 Å². The maximum absolute atomic E-state index is 13.4. The van der Waals surface area contributed by atoms with Gasteiger partial charge in [-0.1, -0.05) is 23.2 Å². The average Bonchev–Trinajstić information content (AvgIpc) is 2.75. The van der Waals surface area contributed by atoms with E-state index >= 15 is 0 Å². The molecule has 2 aliphatic heterocycles. The maximum atomic E-state index is 13.4. The molecule has 0 aromatic heterocycles. The van der Waals surface area contributed by atoms with E-state index in [0.717, 1.165) is 18.9 Å². The summed E-state index contributed by atoms with van der Waals surface area (Å²) >= 11 is 11.6. The molecule has 7 nitrogen and oxygen atoms in total. The van der Waals surface area contributed by atoms with E-state index in [1.807, 2.05) is 0 Å². The maximum Gasteiger partial charge on any atom is 0.263 e. The monoisotopic (exact) mass is 508 g/mol. The van der Waals surface area contributed by atoms with Crippen molar-refractivity contribution in [3.8, 4) is 11.5 Å². The number of nitrogens with zero attached hydrogens (tertiary/aromatic N) is 1. The van der Waals surface area contributed by atoms with Crippen molar-refractivity contribution in [2.75, 3.05) is 19.7 Å². The SMILES string of the molecule is O=C(COc1ccc(Cl)c(F)c1)NC1CC2(C1)CN(C(=O)[C@@H]1C[C@H](O)c3cc(Cl)ccc3O1)C2. The minimum atomic E-state index is -0.804. The lowest BCUT2D eigenvalue weighted by Crippen LogP contribution is -2.69. The molecule has 34 heavy (non-hydrogen) atoms. The Morgan fingerprint density at radius 3 is 2.71 bits per heavy atom. The van der Waals surface area contributed by atoms with Crippen LogP contribution in [-0.4, -0.2) is 53.7 Å². The van der Waals surface area contributed by atoms with E-state index in [1.54, 1.807) is 23.1 Å². The van der Waals surface area contributed by atoms with Gasteiger partial charge in [0.1, 0.15) is 17.3 Å². The van der Waals surface area contributed by atoms with Crippen LogP contribution in [0.5, 0.6) is 11.5 Å². The molecule has 2 amide bonds. The zero-order valence-electron chi connectivity index (χ0n) is 18.1. The zero-order valence-corrected chi connectivity index (χ0v) is 19.6. The third kappa shape index (κ3) is 4.54. The molecule has 2 fully saturated rings. The summed E-state index contributed by atoms with van der Waals surface area (Å²) in [5.41, 5.74) is 0.603. The van der Waals surface area contributed by atoms with Gasteiger partial charge in [-0.05, 0) is 43.2 Å². The van der Waals surface area contributed by atoms with Gasteiger partial charge in [0.2, 0.25) is 0 Å². The Hall–Kier alpha value is -2.55. The van der Waals surface area contributed by atoms with Crippen LogP contribution in [0.4, 0.5) is 4.39 Å². The highest BCUT2D eigenvalue weighted by molar-refractivity contribution is 6.31. The number of carbonyl (C=O) groups excluding carboxylic acids is 2. The molecule has 2 heterocycles. The third-order valence-electron chi connectivity index (χ3n) is 6.66. The fourth-order valence-electron chi connectivity index (χ4n) is 5.02. The summed E-state index contributed by atoms with van der Waals surface area (Å²) in [6, 6.07) is 9.01. The predicted molar refractivity (Wildman–Crippen MR) is 123 cm³/mol. The number of aliphatic hydroxyl groups excluding tert-OH is 1. The Bertz CT molecular complexity index is 1130. The standard InChI is InChI=1S/C24H23Cl2FN2O5/c25-13-1-4-20-16(5-13)19(30)7-21(34-20)23(32)29-11-24(12-29)8-14(9-24)28-22(31)10-33-15-2-3-17(26)18(27)6-15/h1-6,14,19,21,30H,7-12H2,(H,28,31)/t19-,21-/m0/s1. The molecule has 10 heteroatoms. The molecular weight excluding hydrogens is 486 g/mol. The molecule has 1 saturated carbocycles. The fraction of sp³-hybridized carbons (Fsp3) is 0.417. The lowest BCUT2D eigenvalue weighted by molar-refractivity contribution is -0.162. The van der Waals surface area contributed by atoms with Crippen LogP contribution in [-0.2, 0) is 9.59 Å². The van der Waals surface area contributed by atoms with Crippen molar-refractivity contribution in [1.82, 2.24) is 10.2 Å². The van der Waals surface area contributed by atoms with E-state index in [0.29, 0.717) is 29.4 Å². The van der Waals surface area contributed by atoms with Gasteiger partial charge in [0.25, 0.3) is 11.8 Å². The van der Waals surface area contributed by atoms with Crippen molar-refractivity contribution in [3.63, 3.8) is 0 Å². The molecule has 2 aromatic carbocycles. The zero-order chi connectivity index (χ0) is 24.0.